The summed E-state index contributed by atoms with van der Waals surface area (Å²) < 4.78 is 5.82. The summed E-state index contributed by atoms with van der Waals surface area (Å²) in [4.78, 5) is 2.31. The summed E-state index contributed by atoms with van der Waals surface area (Å²) >= 11 is 0. The van der Waals surface area contributed by atoms with E-state index in [9.17, 15) is 0 Å². The van der Waals surface area contributed by atoms with Crippen LogP contribution >= 0.6 is 0 Å². The van der Waals surface area contributed by atoms with Gasteiger partial charge in [-0.3, -0.25) is 4.90 Å². The Morgan fingerprint density at radius 1 is 1.28 bits per heavy atom. The molecule has 0 amide bonds. The summed E-state index contributed by atoms with van der Waals surface area (Å²) in [6.07, 6.45) is 0. The van der Waals surface area contributed by atoms with Crippen LogP contribution in [0.4, 0.5) is 0 Å². The quantitative estimate of drug-likeness (QED) is 0.808. The molecule has 3 heteroatoms. The highest BCUT2D eigenvalue weighted by atomic mass is 16.3. The first-order valence-electron chi connectivity index (χ1n) is 6.88. The molecule has 1 aromatic heterocycles. The first-order valence-corrected chi connectivity index (χ1v) is 6.88. The topological polar surface area (TPSA) is 28.4 Å². The highest BCUT2D eigenvalue weighted by molar-refractivity contribution is 5.20. The number of furan rings is 1. The van der Waals surface area contributed by atoms with Gasteiger partial charge in [0.2, 0.25) is 0 Å². The fourth-order valence-corrected chi connectivity index (χ4v) is 2.11. The van der Waals surface area contributed by atoms with Crippen molar-refractivity contribution in [2.75, 3.05) is 13.6 Å². The standard InChI is InChI=1S/C15H28N2O/c1-11(2)9-17(6)10-15-7-14(13(5)18-15)8-16-12(3)4/h7,11-12,16H,8-10H2,1-6H3. The molecular weight excluding hydrogens is 224 g/mol. The average molecular weight is 252 g/mol. The Labute approximate surface area is 112 Å². The Morgan fingerprint density at radius 3 is 2.50 bits per heavy atom. The number of rotatable bonds is 7. The molecule has 0 aliphatic carbocycles. The van der Waals surface area contributed by atoms with E-state index >= 15 is 0 Å². The van der Waals surface area contributed by atoms with Crippen molar-refractivity contribution in [1.82, 2.24) is 10.2 Å². The molecular formula is C15H28N2O. The van der Waals surface area contributed by atoms with Crippen LogP contribution in [-0.2, 0) is 13.1 Å². The minimum absolute atomic E-state index is 0.506. The molecule has 104 valence electrons. The van der Waals surface area contributed by atoms with Gasteiger partial charge in [-0.15, -0.1) is 0 Å². The normalized spacial score (nSPS) is 12.1. The van der Waals surface area contributed by atoms with E-state index in [2.05, 4.69) is 51.0 Å². The third kappa shape index (κ3) is 5.23. The molecule has 0 bridgehead atoms. The van der Waals surface area contributed by atoms with E-state index < -0.39 is 0 Å². The molecule has 0 unspecified atom stereocenters. The number of aryl methyl sites for hydroxylation is 1. The summed E-state index contributed by atoms with van der Waals surface area (Å²) in [5.41, 5.74) is 1.27. The van der Waals surface area contributed by atoms with Crippen LogP contribution in [0.2, 0.25) is 0 Å². The smallest absolute Gasteiger partial charge is 0.118 e. The van der Waals surface area contributed by atoms with Gasteiger partial charge in [-0.1, -0.05) is 27.7 Å². The lowest BCUT2D eigenvalue weighted by Crippen LogP contribution is -2.22. The monoisotopic (exact) mass is 252 g/mol. The maximum Gasteiger partial charge on any atom is 0.118 e. The molecule has 0 aliphatic rings. The lowest BCUT2D eigenvalue weighted by Gasteiger charge is -2.17. The van der Waals surface area contributed by atoms with E-state index in [4.69, 9.17) is 4.42 Å². The van der Waals surface area contributed by atoms with Crippen molar-refractivity contribution >= 4 is 0 Å². The molecule has 1 N–H and O–H groups in total. The van der Waals surface area contributed by atoms with Gasteiger partial charge in [0.25, 0.3) is 0 Å². The summed E-state index contributed by atoms with van der Waals surface area (Å²) in [5, 5.41) is 3.43. The SMILES string of the molecule is Cc1oc(CN(C)CC(C)C)cc1CNC(C)C. The Hall–Kier alpha value is -0.800. The maximum absolute atomic E-state index is 5.82. The van der Waals surface area contributed by atoms with Gasteiger partial charge in [-0.25, -0.2) is 0 Å². The Bertz CT molecular complexity index is 355. The zero-order valence-corrected chi connectivity index (χ0v) is 12.7. The molecule has 0 saturated carbocycles. The Morgan fingerprint density at radius 2 is 1.94 bits per heavy atom. The first kappa shape index (κ1) is 15.3. The molecule has 3 nitrogen and oxygen atoms in total. The summed E-state index contributed by atoms with van der Waals surface area (Å²) in [6.45, 7) is 13.7. The van der Waals surface area contributed by atoms with Gasteiger partial charge in [0.05, 0.1) is 6.54 Å². The van der Waals surface area contributed by atoms with Crippen LogP contribution in [0, 0.1) is 12.8 Å². The minimum Gasteiger partial charge on any atom is -0.465 e. The second-order valence-electron chi connectivity index (χ2n) is 5.92. The zero-order valence-electron chi connectivity index (χ0n) is 12.7. The van der Waals surface area contributed by atoms with Crippen LogP contribution in [-0.4, -0.2) is 24.5 Å². The maximum atomic E-state index is 5.82. The van der Waals surface area contributed by atoms with E-state index in [0.717, 1.165) is 31.2 Å². The molecule has 1 rings (SSSR count). The lowest BCUT2D eigenvalue weighted by atomic mass is 10.2. The van der Waals surface area contributed by atoms with Crippen molar-refractivity contribution in [2.45, 2.75) is 53.8 Å². The van der Waals surface area contributed by atoms with E-state index in [1.165, 1.54) is 5.56 Å². The van der Waals surface area contributed by atoms with Gasteiger partial charge < -0.3 is 9.73 Å². The van der Waals surface area contributed by atoms with Crippen LogP contribution < -0.4 is 5.32 Å². The fourth-order valence-electron chi connectivity index (χ4n) is 2.11. The van der Waals surface area contributed by atoms with E-state index in [1.54, 1.807) is 0 Å². The number of hydrogen-bond acceptors (Lipinski definition) is 3. The summed E-state index contributed by atoms with van der Waals surface area (Å²) in [5.74, 6) is 2.79. The predicted molar refractivity (Wildman–Crippen MR) is 76.6 cm³/mol. The van der Waals surface area contributed by atoms with E-state index in [1.807, 2.05) is 6.92 Å². The van der Waals surface area contributed by atoms with Crippen LogP contribution in [0.25, 0.3) is 0 Å². The largest absolute Gasteiger partial charge is 0.465 e. The Kier molecular flexibility index (Phi) is 5.89. The first-order chi connectivity index (χ1) is 8.38. The predicted octanol–water partition coefficient (Wildman–Crippen LogP) is 3.17. The fraction of sp³-hybridized carbons (Fsp3) is 0.733. The number of hydrogen-bond donors (Lipinski definition) is 1. The highest BCUT2D eigenvalue weighted by Crippen LogP contribution is 2.16. The van der Waals surface area contributed by atoms with E-state index in [0.29, 0.717) is 12.0 Å². The molecule has 0 radical (unpaired) electrons. The van der Waals surface area contributed by atoms with Crippen molar-refractivity contribution in [2.24, 2.45) is 5.92 Å². The number of nitrogens with one attached hydrogen (secondary N) is 1. The Balaban J connectivity index is 2.55. The summed E-state index contributed by atoms with van der Waals surface area (Å²) in [7, 11) is 2.14. The molecule has 1 aromatic rings. The van der Waals surface area contributed by atoms with Gasteiger partial charge in [-0.2, -0.15) is 0 Å². The zero-order chi connectivity index (χ0) is 13.7. The van der Waals surface area contributed by atoms with Crippen molar-refractivity contribution in [3.63, 3.8) is 0 Å². The summed E-state index contributed by atoms with van der Waals surface area (Å²) in [6, 6.07) is 2.69. The molecule has 18 heavy (non-hydrogen) atoms. The average Bonchev–Trinajstić information content (AvgIpc) is 2.54. The van der Waals surface area contributed by atoms with Crippen LogP contribution in [0.1, 0.15) is 44.8 Å². The lowest BCUT2D eigenvalue weighted by molar-refractivity contribution is 0.263. The molecule has 0 saturated heterocycles. The van der Waals surface area contributed by atoms with Crippen molar-refractivity contribution in [3.8, 4) is 0 Å². The molecule has 0 spiro atoms. The van der Waals surface area contributed by atoms with Gasteiger partial charge in [0.1, 0.15) is 11.5 Å². The van der Waals surface area contributed by atoms with Gasteiger partial charge >= 0.3 is 0 Å². The van der Waals surface area contributed by atoms with Gasteiger partial charge in [0.15, 0.2) is 0 Å². The molecule has 0 aromatic carbocycles. The van der Waals surface area contributed by atoms with Crippen LogP contribution in [0.15, 0.2) is 10.5 Å². The van der Waals surface area contributed by atoms with Crippen molar-refractivity contribution < 1.29 is 4.42 Å². The van der Waals surface area contributed by atoms with Crippen LogP contribution in [0.3, 0.4) is 0 Å². The second kappa shape index (κ2) is 6.95. The molecule has 1 heterocycles. The van der Waals surface area contributed by atoms with Crippen LogP contribution in [0.5, 0.6) is 0 Å². The molecule has 0 atom stereocenters. The van der Waals surface area contributed by atoms with Gasteiger partial charge in [-0.05, 0) is 26.0 Å². The van der Waals surface area contributed by atoms with Crippen molar-refractivity contribution in [3.05, 3.63) is 23.2 Å². The second-order valence-corrected chi connectivity index (χ2v) is 5.92. The molecule has 0 fully saturated rings. The minimum atomic E-state index is 0.506. The van der Waals surface area contributed by atoms with Gasteiger partial charge in [0, 0.05) is 24.7 Å². The molecule has 0 aliphatic heterocycles. The van der Waals surface area contributed by atoms with E-state index in [-0.39, 0.29) is 0 Å². The highest BCUT2D eigenvalue weighted by Gasteiger charge is 2.10. The third-order valence-electron chi connectivity index (χ3n) is 2.87. The number of nitrogens with zero attached hydrogens (tertiary/aromatic N) is 1. The third-order valence-corrected chi connectivity index (χ3v) is 2.87. The van der Waals surface area contributed by atoms with Crippen molar-refractivity contribution in [1.29, 1.82) is 0 Å².